The Kier molecular flexibility index (Phi) is 1.96. The van der Waals surface area contributed by atoms with E-state index in [9.17, 15) is 9.59 Å². The Morgan fingerprint density at radius 3 is 3.00 bits per heavy atom. The van der Waals surface area contributed by atoms with Crippen LogP contribution in [0.2, 0.25) is 0 Å². The SMILES string of the molecule is N[C@@H](CS)C(=O)N1C2COC(=O)[C@H]21. The van der Waals surface area contributed by atoms with Crippen molar-refractivity contribution in [2.24, 2.45) is 5.73 Å². The zero-order chi connectivity index (χ0) is 9.59. The maximum Gasteiger partial charge on any atom is 0.331 e. The topological polar surface area (TPSA) is 72.4 Å². The predicted octanol–water partition coefficient (Wildman–Crippen LogP) is -1.62. The summed E-state index contributed by atoms with van der Waals surface area (Å²) in [6.45, 7) is 0.314. The molecule has 2 N–H and O–H groups in total. The normalized spacial score (nSPS) is 32.5. The lowest BCUT2D eigenvalue weighted by atomic mass is 10.3. The number of rotatable bonds is 2. The number of thiol groups is 1. The van der Waals surface area contributed by atoms with Gasteiger partial charge >= 0.3 is 5.97 Å². The molecule has 0 aromatic carbocycles. The molecule has 2 aliphatic rings. The molecular weight excluding hydrogens is 192 g/mol. The molecular formula is C7H10N2O3S. The van der Waals surface area contributed by atoms with Gasteiger partial charge in [-0.25, -0.2) is 4.79 Å². The van der Waals surface area contributed by atoms with Gasteiger partial charge in [0.05, 0.1) is 12.1 Å². The van der Waals surface area contributed by atoms with Crippen LogP contribution >= 0.6 is 12.6 Å². The number of carbonyl (C=O) groups is 2. The highest BCUT2D eigenvalue weighted by Crippen LogP contribution is 2.35. The van der Waals surface area contributed by atoms with Crippen LogP contribution in [-0.4, -0.2) is 47.3 Å². The Hall–Kier alpha value is -0.750. The van der Waals surface area contributed by atoms with E-state index in [2.05, 4.69) is 12.6 Å². The summed E-state index contributed by atoms with van der Waals surface area (Å²) >= 11 is 3.92. The lowest BCUT2D eigenvalue weighted by Crippen LogP contribution is -2.40. The fourth-order valence-corrected chi connectivity index (χ4v) is 1.70. The Balaban J connectivity index is 1.99. The van der Waals surface area contributed by atoms with E-state index in [0.29, 0.717) is 12.4 Å². The van der Waals surface area contributed by atoms with Gasteiger partial charge in [0.1, 0.15) is 6.61 Å². The van der Waals surface area contributed by atoms with Gasteiger partial charge in [0, 0.05) is 5.75 Å². The first kappa shape index (κ1) is 8.83. The quantitative estimate of drug-likeness (QED) is 0.321. The largest absolute Gasteiger partial charge is 0.462 e. The molecule has 6 heteroatoms. The molecule has 0 aliphatic carbocycles. The van der Waals surface area contributed by atoms with Gasteiger partial charge in [-0.1, -0.05) is 0 Å². The molecule has 2 saturated heterocycles. The molecule has 0 aromatic rings. The molecule has 0 radical (unpaired) electrons. The highest BCUT2D eigenvalue weighted by Gasteiger charge is 2.61. The minimum Gasteiger partial charge on any atom is -0.462 e. The molecule has 2 rings (SSSR count). The van der Waals surface area contributed by atoms with Crippen LogP contribution in [0.5, 0.6) is 0 Å². The van der Waals surface area contributed by atoms with Crippen LogP contribution in [0.1, 0.15) is 0 Å². The van der Waals surface area contributed by atoms with Crippen molar-refractivity contribution in [3.63, 3.8) is 0 Å². The van der Waals surface area contributed by atoms with Crippen LogP contribution in [0.25, 0.3) is 0 Å². The van der Waals surface area contributed by atoms with Crippen LogP contribution < -0.4 is 5.73 Å². The van der Waals surface area contributed by atoms with Crippen molar-refractivity contribution < 1.29 is 14.3 Å². The zero-order valence-electron chi connectivity index (χ0n) is 6.84. The molecule has 0 aromatic heterocycles. The van der Waals surface area contributed by atoms with E-state index in [-0.39, 0.29) is 24.0 Å². The van der Waals surface area contributed by atoms with Gasteiger partial charge in [0.2, 0.25) is 5.91 Å². The van der Waals surface area contributed by atoms with E-state index >= 15 is 0 Å². The third kappa shape index (κ3) is 1.21. The summed E-state index contributed by atoms with van der Waals surface area (Å²) in [5, 5.41) is 0. The van der Waals surface area contributed by atoms with E-state index in [4.69, 9.17) is 10.5 Å². The maximum absolute atomic E-state index is 11.4. The number of hydrogen-bond donors (Lipinski definition) is 2. The Labute approximate surface area is 80.6 Å². The molecule has 3 atom stereocenters. The summed E-state index contributed by atoms with van der Waals surface area (Å²) < 4.78 is 4.72. The average Bonchev–Trinajstić information content (AvgIpc) is 2.75. The summed E-state index contributed by atoms with van der Waals surface area (Å²) in [5.74, 6) is -0.226. The molecule has 0 bridgehead atoms. The van der Waals surface area contributed by atoms with Gasteiger partial charge in [0.15, 0.2) is 6.04 Å². The molecule has 1 unspecified atom stereocenters. The van der Waals surface area contributed by atoms with Gasteiger partial charge in [-0.05, 0) is 0 Å². The lowest BCUT2D eigenvalue weighted by molar-refractivity contribution is -0.145. The maximum atomic E-state index is 11.4. The van der Waals surface area contributed by atoms with Crippen LogP contribution in [0.4, 0.5) is 0 Å². The van der Waals surface area contributed by atoms with Gasteiger partial charge in [-0.3, -0.25) is 4.79 Å². The highest BCUT2D eigenvalue weighted by atomic mass is 32.1. The standard InChI is InChI=1S/C7H10N2O3S/c8-3(2-13)6(10)9-4-1-12-7(11)5(4)9/h3-5,13H,1-2,8H2/t3-,4?,5-,9?/m0/s1. The first-order chi connectivity index (χ1) is 6.16. The average molecular weight is 202 g/mol. The number of ether oxygens (including phenoxy) is 1. The summed E-state index contributed by atoms with van der Waals surface area (Å²) in [7, 11) is 0. The molecule has 5 nitrogen and oxygen atoms in total. The molecule has 0 spiro atoms. The van der Waals surface area contributed by atoms with Crippen LogP contribution in [0.3, 0.4) is 0 Å². The van der Waals surface area contributed by atoms with Crippen molar-refractivity contribution in [3.8, 4) is 0 Å². The van der Waals surface area contributed by atoms with Crippen LogP contribution in [0.15, 0.2) is 0 Å². The Bertz CT molecular complexity index is 270. The van der Waals surface area contributed by atoms with E-state index in [1.54, 1.807) is 0 Å². The number of amides is 1. The number of cyclic esters (lactones) is 1. The number of morpholine rings is 1. The smallest absolute Gasteiger partial charge is 0.331 e. The minimum absolute atomic E-state index is 0.0640. The third-order valence-corrected chi connectivity index (χ3v) is 2.73. The second-order valence-electron chi connectivity index (χ2n) is 3.18. The van der Waals surface area contributed by atoms with Crippen LogP contribution in [0, 0.1) is 0 Å². The van der Waals surface area contributed by atoms with E-state index in [1.807, 2.05) is 0 Å². The number of esters is 1. The van der Waals surface area contributed by atoms with E-state index < -0.39 is 6.04 Å². The number of hydrogen-bond acceptors (Lipinski definition) is 5. The Morgan fingerprint density at radius 1 is 1.85 bits per heavy atom. The number of nitrogens with zero attached hydrogens (tertiary/aromatic N) is 1. The van der Waals surface area contributed by atoms with Crippen molar-refractivity contribution in [1.29, 1.82) is 0 Å². The van der Waals surface area contributed by atoms with Crippen molar-refractivity contribution in [1.82, 2.24) is 4.90 Å². The first-order valence-electron chi connectivity index (χ1n) is 4.02. The fourth-order valence-electron chi connectivity index (χ4n) is 1.54. The van der Waals surface area contributed by atoms with Crippen molar-refractivity contribution in [2.45, 2.75) is 18.1 Å². The predicted molar refractivity (Wildman–Crippen MR) is 47.2 cm³/mol. The number of fused-ring (bicyclic) bond motifs is 1. The first-order valence-corrected chi connectivity index (χ1v) is 4.65. The molecule has 1 amide bonds. The molecule has 2 aliphatic heterocycles. The fraction of sp³-hybridized carbons (Fsp3) is 0.714. The van der Waals surface area contributed by atoms with Gasteiger partial charge < -0.3 is 15.4 Å². The lowest BCUT2D eigenvalue weighted by Gasteiger charge is -2.11. The summed E-state index contributed by atoms with van der Waals surface area (Å²) in [4.78, 5) is 23.9. The van der Waals surface area contributed by atoms with Crippen molar-refractivity contribution >= 4 is 24.5 Å². The number of nitrogens with two attached hydrogens (primary N) is 1. The third-order valence-electron chi connectivity index (χ3n) is 2.34. The van der Waals surface area contributed by atoms with Gasteiger partial charge in [-0.2, -0.15) is 12.6 Å². The summed E-state index contributed by atoms with van der Waals surface area (Å²) in [6.07, 6.45) is 0. The number of carbonyl (C=O) groups excluding carboxylic acids is 2. The second-order valence-corrected chi connectivity index (χ2v) is 3.54. The zero-order valence-corrected chi connectivity index (χ0v) is 7.74. The summed E-state index contributed by atoms with van der Waals surface area (Å²) in [5.41, 5.74) is 5.49. The van der Waals surface area contributed by atoms with E-state index in [0.717, 1.165) is 0 Å². The molecule has 13 heavy (non-hydrogen) atoms. The molecule has 2 heterocycles. The molecule has 72 valence electrons. The Morgan fingerprint density at radius 2 is 2.54 bits per heavy atom. The van der Waals surface area contributed by atoms with Gasteiger partial charge in [-0.15, -0.1) is 0 Å². The minimum atomic E-state index is -0.610. The van der Waals surface area contributed by atoms with Crippen LogP contribution in [-0.2, 0) is 14.3 Å². The van der Waals surface area contributed by atoms with E-state index in [1.165, 1.54) is 4.90 Å². The monoisotopic (exact) mass is 202 g/mol. The highest BCUT2D eigenvalue weighted by molar-refractivity contribution is 7.80. The van der Waals surface area contributed by atoms with Crippen molar-refractivity contribution in [3.05, 3.63) is 0 Å². The van der Waals surface area contributed by atoms with Gasteiger partial charge in [0.25, 0.3) is 0 Å². The second kappa shape index (κ2) is 2.88. The summed E-state index contributed by atoms with van der Waals surface area (Å²) in [6, 6.07) is -1.04. The molecule has 2 fully saturated rings. The molecule has 0 saturated carbocycles. The van der Waals surface area contributed by atoms with Crippen molar-refractivity contribution in [2.75, 3.05) is 12.4 Å².